The highest BCUT2D eigenvalue weighted by molar-refractivity contribution is 7.17. The summed E-state index contributed by atoms with van der Waals surface area (Å²) in [6, 6.07) is 3.88. The minimum Gasteiger partial charge on any atom is -0.477 e. The highest BCUT2D eigenvalue weighted by atomic mass is 32.1. The van der Waals surface area contributed by atoms with Crippen molar-refractivity contribution in [1.29, 1.82) is 0 Å². The molecular formula is C10H11NO2S. The van der Waals surface area contributed by atoms with Gasteiger partial charge in [0, 0.05) is 6.04 Å². The van der Waals surface area contributed by atoms with Crippen molar-refractivity contribution in [3.8, 4) is 0 Å². The Kier molecular flexibility index (Phi) is 2.07. The van der Waals surface area contributed by atoms with Gasteiger partial charge in [-0.2, -0.15) is 0 Å². The quantitative estimate of drug-likeness (QED) is 0.826. The third-order valence-corrected chi connectivity index (χ3v) is 3.05. The van der Waals surface area contributed by atoms with Crippen LogP contribution < -0.4 is 0 Å². The van der Waals surface area contributed by atoms with E-state index in [4.69, 9.17) is 5.11 Å². The third-order valence-electron chi connectivity index (χ3n) is 2.20. The molecule has 0 atom stereocenters. The summed E-state index contributed by atoms with van der Waals surface area (Å²) in [7, 11) is 0. The van der Waals surface area contributed by atoms with E-state index in [-0.39, 0.29) is 6.04 Å². The number of fused-ring (bicyclic) bond motifs is 1. The van der Waals surface area contributed by atoms with E-state index in [2.05, 4.69) is 0 Å². The molecule has 0 aliphatic rings. The van der Waals surface area contributed by atoms with E-state index in [1.165, 1.54) is 0 Å². The molecule has 0 fully saturated rings. The second kappa shape index (κ2) is 3.13. The Balaban J connectivity index is 2.76. The van der Waals surface area contributed by atoms with Crippen LogP contribution in [0.15, 0.2) is 17.5 Å². The predicted octanol–water partition coefficient (Wildman–Crippen LogP) is 2.98. The van der Waals surface area contributed by atoms with Crippen molar-refractivity contribution >= 4 is 27.5 Å². The Morgan fingerprint density at radius 1 is 1.57 bits per heavy atom. The molecule has 2 rings (SSSR count). The van der Waals surface area contributed by atoms with Gasteiger partial charge in [0.1, 0.15) is 5.69 Å². The van der Waals surface area contributed by atoms with E-state index >= 15 is 0 Å². The van der Waals surface area contributed by atoms with Gasteiger partial charge in [0.15, 0.2) is 0 Å². The number of thiophene rings is 1. The van der Waals surface area contributed by atoms with E-state index in [9.17, 15) is 4.79 Å². The molecule has 0 aliphatic heterocycles. The number of nitrogens with zero attached hydrogens (tertiary/aromatic N) is 1. The molecule has 0 saturated carbocycles. The van der Waals surface area contributed by atoms with Crippen molar-refractivity contribution in [3.63, 3.8) is 0 Å². The third kappa shape index (κ3) is 1.23. The number of carbonyl (C=O) groups is 1. The summed E-state index contributed by atoms with van der Waals surface area (Å²) in [5.74, 6) is -0.859. The Morgan fingerprint density at radius 3 is 2.86 bits per heavy atom. The summed E-state index contributed by atoms with van der Waals surface area (Å²) in [5, 5.41) is 11.0. The number of hydrogen-bond donors (Lipinski definition) is 1. The molecule has 0 radical (unpaired) electrons. The Morgan fingerprint density at radius 2 is 2.29 bits per heavy atom. The average molecular weight is 209 g/mol. The monoisotopic (exact) mass is 209 g/mol. The Hall–Kier alpha value is -1.29. The van der Waals surface area contributed by atoms with Crippen molar-refractivity contribution in [2.24, 2.45) is 0 Å². The molecule has 4 heteroatoms. The lowest BCUT2D eigenvalue weighted by Crippen LogP contribution is -2.09. The lowest BCUT2D eigenvalue weighted by Gasteiger charge is -2.10. The standard InChI is InChI=1S/C10H11NO2S/c1-6(2)11-7-3-4-14-9(7)5-8(11)10(12)13/h3-6H,1-2H3,(H,12,13). The fourth-order valence-corrected chi connectivity index (χ4v) is 2.48. The first kappa shape index (κ1) is 9.27. The highest BCUT2D eigenvalue weighted by Crippen LogP contribution is 2.28. The number of rotatable bonds is 2. The number of carboxylic acid groups (broad SMARTS) is 1. The molecule has 0 aromatic carbocycles. The van der Waals surface area contributed by atoms with Gasteiger partial charge in [-0.15, -0.1) is 11.3 Å². The van der Waals surface area contributed by atoms with Crippen LogP contribution >= 0.6 is 11.3 Å². The highest BCUT2D eigenvalue weighted by Gasteiger charge is 2.16. The van der Waals surface area contributed by atoms with Crippen molar-refractivity contribution < 1.29 is 9.90 Å². The largest absolute Gasteiger partial charge is 0.477 e. The first-order chi connectivity index (χ1) is 6.61. The Bertz CT molecular complexity index is 481. The zero-order valence-electron chi connectivity index (χ0n) is 8.02. The maximum atomic E-state index is 11.0. The SMILES string of the molecule is CC(C)n1c(C(=O)O)cc2sccc21. The van der Waals surface area contributed by atoms with Crippen LogP contribution in [-0.4, -0.2) is 15.6 Å². The molecule has 2 aromatic heterocycles. The molecule has 0 bridgehead atoms. The van der Waals surface area contributed by atoms with Crippen molar-refractivity contribution in [3.05, 3.63) is 23.2 Å². The predicted molar refractivity (Wildman–Crippen MR) is 57.2 cm³/mol. The smallest absolute Gasteiger partial charge is 0.352 e. The van der Waals surface area contributed by atoms with Gasteiger partial charge in [-0.25, -0.2) is 4.79 Å². The normalized spacial score (nSPS) is 11.4. The molecule has 74 valence electrons. The molecule has 14 heavy (non-hydrogen) atoms. The van der Waals surface area contributed by atoms with Crippen molar-refractivity contribution in [2.45, 2.75) is 19.9 Å². The summed E-state index contributed by atoms with van der Waals surface area (Å²) in [6.45, 7) is 3.98. The van der Waals surface area contributed by atoms with Crippen LogP contribution in [0.5, 0.6) is 0 Å². The van der Waals surface area contributed by atoms with Crippen molar-refractivity contribution in [1.82, 2.24) is 4.57 Å². The topological polar surface area (TPSA) is 42.2 Å². The molecular weight excluding hydrogens is 198 g/mol. The molecule has 2 heterocycles. The van der Waals surface area contributed by atoms with Crippen LogP contribution in [0.1, 0.15) is 30.4 Å². The minimum atomic E-state index is -0.859. The summed E-state index contributed by atoms with van der Waals surface area (Å²) >= 11 is 1.57. The van der Waals surface area contributed by atoms with E-state index < -0.39 is 5.97 Å². The molecule has 1 N–H and O–H groups in total. The molecule has 0 saturated heterocycles. The van der Waals surface area contributed by atoms with E-state index in [1.807, 2.05) is 29.9 Å². The second-order valence-corrected chi connectivity index (χ2v) is 4.42. The van der Waals surface area contributed by atoms with E-state index in [0.717, 1.165) is 10.2 Å². The minimum absolute atomic E-state index is 0.174. The number of aromatic carboxylic acids is 1. The maximum Gasteiger partial charge on any atom is 0.352 e. The van der Waals surface area contributed by atoms with Gasteiger partial charge in [-0.3, -0.25) is 0 Å². The van der Waals surface area contributed by atoms with Crippen LogP contribution in [0.25, 0.3) is 10.2 Å². The van der Waals surface area contributed by atoms with Crippen molar-refractivity contribution in [2.75, 3.05) is 0 Å². The van der Waals surface area contributed by atoms with Gasteiger partial charge in [-0.05, 0) is 31.4 Å². The van der Waals surface area contributed by atoms with Gasteiger partial charge in [-0.1, -0.05) is 0 Å². The molecule has 3 nitrogen and oxygen atoms in total. The van der Waals surface area contributed by atoms with Gasteiger partial charge in [0.05, 0.1) is 10.2 Å². The number of aromatic nitrogens is 1. The molecule has 0 amide bonds. The van der Waals surface area contributed by atoms with Gasteiger partial charge in [0.2, 0.25) is 0 Å². The molecule has 0 aliphatic carbocycles. The Labute approximate surface area is 85.6 Å². The number of carboxylic acids is 1. The summed E-state index contributed by atoms with van der Waals surface area (Å²) in [6.07, 6.45) is 0. The van der Waals surface area contributed by atoms with E-state index in [1.54, 1.807) is 17.4 Å². The first-order valence-corrected chi connectivity index (χ1v) is 5.31. The average Bonchev–Trinajstić information content (AvgIpc) is 2.58. The van der Waals surface area contributed by atoms with Crippen LogP contribution in [0.2, 0.25) is 0 Å². The van der Waals surface area contributed by atoms with Gasteiger partial charge in [0.25, 0.3) is 0 Å². The number of hydrogen-bond acceptors (Lipinski definition) is 2. The van der Waals surface area contributed by atoms with Gasteiger partial charge < -0.3 is 9.67 Å². The fraction of sp³-hybridized carbons (Fsp3) is 0.300. The zero-order chi connectivity index (χ0) is 10.3. The summed E-state index contributed by atoms with van der Waals surface area (Å²) < 4.78 is 2.89. The van der Waals surface area contributed by atoms with E-state index in [0.29, 0.717) is 5.69 Å². The molecule has 0 spiro atoms. The fourth-order valence-electron chi connectivity index (χ4n) is 1.67. The second-order valence-electron chi connectivity index (χ2n) is 3.47. The first-order valence-electron chi connectivity index (χ1n) is 4.43. The van der Waals surface area contributed by atoms with Crippen LogP contribution in [0.3, 0.4) is 0 Å². The van der Waals surface area contributed by atoms with Gasteiger partial charge >= 0.3 is 5.97 Å². The van der Waals surface area contributed by atoms with Crippen LogP contribution in [-0.2, 0) is 0 Å². The molecule has 2 aromatic rings. The maximum absolute atomic E-state index is 11.0. The zero-order valence-corrected chi connectivity index (χ0v) is 8.84. The van der Waals surface area contributed by atoms with Crippen LogP contribution in [0.4, 0.5) is 0 Å². The van der Waals surface area contributed by atoms with Crippen LogP contribution in [0, 0.1) is 0 Å². The molecule has 0 unspecified atom stereocenters. The summed E-state index contributed by atoms with van der Waals surface area (Å²) in [5.41, 5.74) is 1.39. The lowest BCUT2D eigenvalue weighted by molar-refractivity contribution is 0.0684. The summed E-state index contributed by atoms with van der Waals surface area (Å²) in [4.78, 5) is 11.0. The lowest BCUT2D eigenvalue weighted by atomic mass is 10.3.